The van der Waals surface area contributed by atoms with Crippen LogP contribution in [-0.4, -0.2) is 34.6 Å². The highest BCUT2D eigenvalue weighted by Gasteiger charge is 2.34. The van der Waals surface area contributed by atoms with Gasteiger partial charge in [0.2, 0.25) is 0 Å². The topological polar surface area (TPSA) is 88.0 Å². The molecule has 4 rings (SSSR count). The number of carboxylic acid groups (broad SMARTS) is 1. The van der Waals surface area contributed by atoms with Gasteiger partial charge in [-0.05, 0) is 54.7 Å². The second-order valence-electron chi connectivity index (χ2n) is 8.47. The minimum absolute atomic E-state index is 0.0572. The van der Waals surface area contributed by atoms with Crippen molar-refractivity contribution in [3.63, 3.8) is 0 Å². The molecule has 2 fully saturated rings. The number of halogens is 1. The molecule has 0 radical (unpaired) electrons. The zero-order valence-corrected chi connectivity index (χ0v) is 16.4. The van der Waals surface area contributed by atoms with E-state index in [0.29, 0.717) is 41.7 Å². The van der Waals surface area contributed by atoms with Crippen LogP contribution in [0.25, 0.3) is 5.52 Å². The Hall–Kier alpha value is -2.41. The lowest BCUT2D eigenvalue weighted by Crippen LogP contribution is -2.52. The molecule has 1 saturated carbocycles. The Morgan fingerprint density at radius 2 is 1.96 bits per heavy atom. The highest BCUT2D eigenvalue weighted by molar-refractivity contribution is 5.89. The minimum atomic E-state index is -1.28. The molecular weight excluding hydrogens is 361 g/mol. The highest BCUT2D eigenvalue weighted by Crippen LogP contribution is 2.44. The molecular formula is C21H26FN3O3. The van der Waals surface area contributed by atoms with E-state index in [9.17, 15) is 14.7 Å². The Morgan fingerprint density at radius 1 is 1.29 bits per heavy atom. The van der Waals surface area contributed by atoms with E-state index < -0.39 is 17.3 Å². The van der Waals surface area contributed by atoms with Crippen LogP contribution < -0.4 is 16.2 Å². The number of carbonyl (C=O) groups is 1. The number of aromatic carboxylic acids is 1. The molecule has 2 aliphatic rings. The van der Waals surface area contributed by atoms with Gasteiger partial charge in [0, 0.05) is 19.1 Å². The zero-order valence-electron chi connectivity index (χ0n) is 16.4. The minimum Gasteiger partial charge on any atom is -0.477 e. The van der Waals surface area contributed by atoms with Crippen molar-refractivity contribution in [2.24, 2.45) is 17.6 Å². The summed E-state index contributed by atoms with van der Waals surface area (Å²) in [7, 11) is 0. The van der Waals surface area contributed by atoms with E-state index in [1.165, 1.54) is 10.5 Å². The van der Waals surface area contributed by atoms with Gasteiger partial charge in [-0.2, -0.15) is 0 Å². The van der Waals surface area contributed by atoms with Crippen molar-refractivity contribution < 1.29 is 14.3 Å². The smallest absolute Gasteiger partial charge is 0.341 e. The monoisotopic (exact) mass is 387 g/mol. The Kier molecular flexibility index (Phi) is 4.45. The average molecular weight is 387 g/mol. The summed E-state index contributed by atoms with van der Waals surface area (Å²) in [6, 6.07) is 1.43. The van der Waals surface area contributed by atoms with Crippen LogP contribution in [-0.2, 0) is 0 Å². The molecule has 3 atom stereocenters. The Bertz CT molecular complexity index is 1020. The van der Waals surface area contributed by atoms with E-state index in [1.807, 2.05) is 11.8 Å². The number of carboxylic acids is 1. The van der Waals surface area contributed by atoms with Gasteiger partial charge < -0.3 is 15.7 Å². The number of pyridine rings is 2. The molecule has 7 heteroatoms. The fourth-order valence-electron chi connectivity index (χ4n) is 4.50. The van der Waals surface area contributed by atoms with Crippen molar-refractivity contribution in [3.8, 4) is 0 Å². The summed E-state index contributed by atoms with van der Waals surface area (Å²) in [5.74, 6) is -0.923. The first-order valence-corrected chi connectivity index (χ1v) is 9.82. The standard InChI is InChI=1S/C21H26FN3O3/c1-10-7-24(9-17(23)11(10)2)19-12(3)18-14(13-4-5-13)6-15(21(27)28)20(26)25(18)8-16(19)22/h6,8,10-11,13,17H,4-5,7,9,23H2,1-3H3,(H,27,28)/t10-,11-,17+/m0/s1. The van der Waals surface area contributed by atoms with Crippen molar-refractivity contribution in [2.75, 3.05) is 18.0 Å². The van der Waals surface area contributed by atoms with Gasteiger partial charge in [0.05, 0.1) is 17.4 Å². The van der Waals surface area contributed by atoms with E-state index >= 15 is 4.39 Å². The fourth-order valence-corrected chi connectivity index (χ4v) is 4.50. The first-order chi connectivity index (χ1) is 13.2. The first-order valence-electron chi connectivity index (χ1n) is 9.82. The van der Waals surface area contributed by atoms with Gasteiger partial charge in [-0.1, -0.05) is 13.8 Å². The summed E-state index contributed by atoms with van der Waals surface area (Å²) < 4.78 is 16.4. The maximum atomic E-state index is 15.2. The lowest BCUT2D eigenvalue weighted by atomic mass is 9.84. The van der Waals surface area contributed by atoms with Gasteiger partial charge in [-0.3, -0.25) is 9.20 Å². The van der Waals surface area contributed by atoms with Crippen molar-refractivity contribution in [3.05, 3.63) is 45.1 Å². The van der Waals surface area contributed by atoms with Crippen molar-refractivity contribution in [1.29, 1.82) is 0 Å². The van der Waals surface area contributed by atoms with E-state index in [2.05, 4.69) is 13.8 Å². The maximum absolute atomic E-state index is 15.2. The number of hydrogen-bond acceptors (Lipinski definition) is 4. The van der Waals surface area contributed by atoms with Crippen LogP contribution in [0.3, 0.4) is 0 Å². The number of aromatic nitrogens is 1. The normalized spacial score (nSPS) is 25.3. The molecule has 2 aromatic heterocycles. The van der Waals surface area contributed by atoms with Gasteiger partial charge in [-0.25, -0.2) is 9.18 Å². The van der Waals surface area contributed by atoms with Gasteiger partial charge in [0.25, 0.3) is 5.56 Å². The number of nitrogens with two attached hydrogens (primary N) is 1. The third kappa shape index (κ3) is 2.89. The molecule has 3 heterocycles. The number of piperidine rings is 1. The highest BCUT2D eigenvalue weighted by atomic mass is 19.1. The van der Waals surface area contributed by atoms with Crippen molar-refractivity contribution >= 4 is 17.2 Å². The number of rotatable bonds is 3. The summed E-state index contributed by atoms with van der Waals surface area (Å²) in [5, 5.41) is 9.40. The molecule has 3 N–H and O–H groups in total. The molecule has 1 aliphatic carbocycles. The third-order valence-corrected chi connectivity index (χ3v) is 6.52. The number of aryl methyl sites for hydroxylation is 1. The lowest BCUT2D eigenvalue weighted by Gasteiger charge is -2.41. The van der Waals surface area contributed by atoms with E-state index in [4.69, 9.17) is 5.73 Å². The summed E-state index contributed by atoms with van der Waals surface area (Å²) in [4.78, 5) is 26.2. The number of hydrogen-bond donors (Lipinski definition) is 2. The van der Waals surface area contributed by atoms with E-state index in [1.54, 1.807) is 0 Å². The molecule has 2 aromatic rings. The molecule has 0 spiro atoms. The predicted octanol–water partition coefficient (Wildman–Crippen LogP) is 2.74. The van der Waals surface area contributed by atoms with Crippen LogP contribution in [0, 0.1) is 24.6 Å². The molecule has 6 nitrogen and oxygen atoms in total. The average Bonchev–Trinajstić information content (AvgIpc) is 3.45. The fraction of sp³-hybridized carbons (Fsp3) is 0.524. The molecule has 1 aliphatic heterocycles. The van der Waals surface area contributed by atoms with E-state index in [0.717, 1.165) is 24.6 Å². The largest absolute Gasteiger partial charge is 0.477 e. The van der Waals surface area contributed by atoms with Gasteiger partial charge in [-0.15, -0.1) is 0 Å². The van der Waals surface area contributed by atoms with Crippen molar-refractivity contribution in [2.45, 2.75) is 45.6 Å². The molecule has 0 amide bonds. The molecule has 0 bridgehead atoms. The number of anilines is 1. The van der Waals surface area contributed by atoms with Gasteiger partial charge in [0.15, 0.2) is 5.82 Å². The molecule has 0 aromatic carbocycles. The van der Waals surface area contributed by atoms with Crippen LogP contribution in [0.1, 0.15) is 54.1 Å². The third-order valence-electron chi connectivity index (χ3n) is 6.52. The molecule has 150 valence electrons. The lowest BCUT2D eigenvalue weighted by molar-refractivity contribution is 0.0694. The Labute approximate surface area is 162 Å². The number of fused-ring (bicyclic) bond motifs is 1. The molecule has 28 heavy (non-hydrogen) atoms. The van der Waals surface area contributed by atoms with E-state index in [-0.39, 0.29) is 17.5 Å². The van der Waals surface area contributed by atoms with Crippen LogP contribution in [0.4, 0.5) is 10.1 Å². The Morgan fingerprint density at radius 3 is 2.54 bits per heavy atom. The molecule has 0 unspecified atom stereocenters. The van der Waals surface area contributed by atoms with Gasteiger partial charge >= 0.3 is 5.97 Å². The summed E-state index contributed by atoms with van der Waals surface area (Å²) >= 11 is 0. The first kappa shape index (κ1) is 18.9. The SMILES string of the molecule is Cc1c(N2C[C@@H](N)[C@@H](C)[C@@H](C)C2)c(F)cn2c(=O)c(C(=O)O)cc(C3CC3)c12. The van der Waals surface area contributed by atoms with Crippen LogP contribution >= 0.6 is 0 Å². The zero-order chi connectivity index (χ0) is 20.3. The second kappa shape index (κ2) is 6.58. The predicted molar refractivity (Wildman–Crippen MR) is 106 cm³/mol. The Balaban J connectivity index is 1.95. The summed E-state index contributed by atoms with van der Waals surface area (Å²) in [6.07, 6.45) is 3.04. The van der Waals surface area contributed by atoms with Gasteiger partial charge in [0.1, 0.15) is 5.56 Å². The van der Waals surface area contributed by atoms with Crippen molar-refractivity contribution in [1.82, 2.24) is 4.40 Å². The maximum Gasteiger partial charge on any atom is 0.341 e. The number of nitrogens with zero attached hydrogens (tertiary/aromatic N) is 2. The summed E-state index contributed by atoms with van der Waals surface area (Å²) in [5.41, 5.74) is 7.88. The second-order valence-corrected chi connectivity index (χ2v) is 8.47. The molecule has 1 saturated heterocycles. The quantitative estimate of drug-likeness (QED) is 0.846. The van der Waals surface area contributed by atoms with Crippen LogP contribution in [0.5, 0.6) is 0 Å². The summed E-state index contributed by atoms with van der Waals surface area (Å²) in [6.45, 7) is 7.29. The van der Waals surface area contributed by atoms with Crippen LogP contribution in [0.2, 0.25) is 0 Å². The van der Waals surface area contributed by atoms with Crippen LogP contribution in [0.15, 0.2) is 17.1 Å².